The van der Waals surface area contributed by atoms with Crippen molar-refractivity contribution in [2.24, 2.45) is 22.7 Å². The summed E-state index contributed by atoms with van der Waals surface area (Å²) in [5.74, 6) is 1.50. The molecule has 158 valence electrons. The number of carbonyl (C=O) groups excluding carboxylic acids is 1. The van der Waals surface area contributed by atoms with Crippen LogP contribution < -0.4 is 5.73 Å². The Balaban J connectivity index is 2.32. The molecular weight excluding hydrogens is 348 g/mol. The Morgan fingerprint density at radius 2 is 1.86 bits per heavy atom. The van der Waals surface area contributed by atoms with E-state index in [1.54, 1.807) is 0 Å². The summed E-state index contributed by atoms with van der Waals surface area (Å²) in [6.07, 6.45) is 8.18. The number of rotatable bonds is 14. The van der Waals surface area contributed by atoms with Gasteiger partial charge in [-0.25, -0.2) is 0 Å². The Kier molecular flexibility index (Phi) is 11.5. The first-order chi connectivity index (χ1) is 13.4. The zero-order valence-corrected chi connectivity index (χ0v) is 18.6. The van der Waals surface area contributed by atoms with Crippen molar-refractivity contribution < 1.29 is 9.63 Å². The van der Waals surface area contributed by atoms with Crippen LogP contribution in [0.3, 0.4) is 0 Å². The maximum Gasteiger partial charge on any atom is 0.170 e. The lowest BCUT2D eigenvalue weighted by molar-refractivity contribution is -0.122. The third-order valence-corrected chi connectivity index (χ3v) is 5.68. The number of ketones is 1. The van der Waals surface area contributed by atoms with E-state index < -0.39 is 0 Å². The number of hydrogen-bond donors (Lipinski definition) is 1. The number of amidine groups is 1. The topological polar surface area (TPSA) is 64.7 Å². The SMILES string of the molecule is CCCCC(C)C(=O)CCCCC(CC)CO/N=C(\N)c1ccc(C)c(C)c1. The molecule has 0 aliphatic rings. The van der Waals surface area contributed by atoms with Crippen LogP contribution in [0.5, 0.6) is 0 Å². The Labute approximate surface area is 171 Å². The molecule has 0 aliphatic carbocycles. The molecule has 0 saturated carbocycles. The summed E-state index contributed by atoms with van der Waals surface area (Å²) in [6, 6.07) is 6.06. The Morgan fingerprint density at radius 3 is 2.50 bits per heavy atom. The van der Waals surface area contributed by atoms with E-state index in [9.17, 15) is 4.79 Å². The van der Waals surface area contributed by atoms with Crippen molar-refractivity contribution in [2.45, 2.75) is 86.0 Å². The van der Waals surface area contributed by atoms with Crippen molar-refractivity contribution in [3.05, 3.63) is 34.9 Å². The lowest BCUT2D eigenvalue weighted by Gasteiger charge is -2.14. The molecule has 4 nitrogen and oxygen atoms in total. The number of carbonyl (C=O) groups is 1. The van der Waals surface area contributed by atoms with E-state index >= 15 is 0 Å². The van der Waals surface area contributed by atoms with E-state index in [0.717, 1.165) is 50.5 Å². The number of oxime groups is 1. The van der Waals surface area contributed by atoms with E-state index in [-0.39, 0.29) is 5.92 Å². The van der Waals surface area contributed by atoms with Gasteiger partial charge in [-0.05, 0) is 62.6 Å². The monoisotopic (exact) mass is 388 g/mol. The molecule has 0 radical (unpaired) electrons. The van der Waals surface area contributed by atoms with Crippen molar-refractivity contribution in [3.8, 4) is 0 Å². The van der Waals surface area contributed by atoms with Gasteiger partial charge in [0.15, 0.2) is 5.84 Å². The van der Waals surface area contributed by atoms with Gasteiger partial charge in [-0.3, -0.25) is 4.79 Å². The zero-order chi connectivity index (χ0) is 20.9. The van der Waals surface area contributed by atoms with E-state index in [1.807, 2.05) is 18.2 Å². The molecule has 28 heavy (non-hydrogen) atoms. The number of nitrogens with two attached hydrogens (primary N) is 1. The van der Waals surface area contributed by atoms with Gasteiger partial charge in [-0.2, -0.15) is 0 Å². The third kappa shape index (κ3) is 8.90. The van der Waals surface area contributed by atoms with E-state index in [4.69, 9.17) is 10.6 Å². The molecule has 2 unspecified atom stereocenters. The first kappa shape index (κ1) is 24.2. The molecule has 1 aromatic rings. The van der Waals surface area contributed by atoms with Crippen LogP contribution in [0.15, 0.2) is 23.4 Å². The molecule has 2 N–H and O–H groups in total. The standard InChI is InChI=1S/C24H40N2O2/c1-6-8-11-19(4)23(27)13-10-9-12-21(7-2)17-28-26-24(25)22-15-14-18(3)20(5)16-22/h14-16,19,21H,6-13,17H2,1-5H3,(H2,25,26). The number of benzene rings is 1. The minimum Gasteiger partial charge on any atom is -0.394 e. The van der Waals surface area contributed by atoms with Crippen LogP contribution in [0.25, 0.3) is 0 Å². The van der Waals surface area contributed by atoms with E-state index in [2.05, 4.69) is 39.8 Å². The van der Waals surface area contributed by atoms with Crippen molar-refractivity contribution in [3.63, 3.8) is 0 Å². The van der Waals surface area contributed by atoms with Crippen LogP contribution in [0, 0.1) is 25.7 Å². The molecule has 0 amide bonds. The van der Waals surface area contributed by atoms with Crippen molar-refractivity contribution in [1.82, 2.24) is 0 Å². The average Bonchev–Trinajstić information content (AvgIpc) is 2.69. The molecule has 0 aromatic heterocycles. The molecule has 1 rings (SSSR count). The molecule has 0 aliphatic heterocycles. The fraction of sp³-hybridized carbons (Fsp3) is 0.667. The highest BCUT2D eigenvalue weighted by atomic mass is 16.6. The van der Waals surface area contributed by atoms with Gasteiger partial charge in [-0.1, -0.05) is 57.3 Å². The van der Waals surface area contributed by atoms with E-state index in [0.29, 0.717) is 30.6 Å². The lowest BCUT2D eigenvalue weighted by Crippen LogP contribution is -2.16. The number of Topliss-reactive ketones (excluding diaryl/α,β-unsaturated/α-hetero) is 1. The van der Waals surface area contributed by atoms with Gasteiger partial charge in [0, 0.05) is 17.9 Å². The molecule has 1 aromatic carbocycles. The second-order valence-corrected chi connectivity index (χ2v) is 8.10. The minimum absolute atomic E-state index is 0.216. The zero-order valence-electron chi connectivity index (χ0n) is 18.6. The summed E-state index contributed by atoms with van der Waals surface area (Å²) in [5, 5.41) is 4.10. The molecule has 0 saturated heterocycles. The van der Waals surface area contributed by atoms with Crippen LogP contribution in [0.2, 0.25) is 0 Å². The summed E-state index contributed by atoms with van der Waals surface area (Å²) in [7, 11) is 0. The Morgan fingerprint density at radius 1 is 1.11 bits per heavy atom. The Bertz CT molecular complexity index is 625. The number of unbranched alkanes of at least 4 members (excludes halogenated alkanes) is 2. The average molecular weight is 389 g/mol. The van der Waals surface area contributed by atoms with Crippen LogP contribution in [0.4, 0.5) is 0 Å². The summed E-state index contributed by atoms with van der Waals surface area (Å²) in [4.78, 5) is 17.7. The highest BCUT2D eigenvalue weighted by molar-refractivity contribution is 5.97. The summed E-state index contributed by atoms with van der Waals surface area (Å²) >= 11 is 0. The molecule has 2 atom stereocenters. The van der Waals surface area contributed by atoms with Crippen LogP contribution in [-0.2, 0) is 9.63 Å². The van der Waals surface area contributed by atoms with Crippen molar-refractivity contribution in [1.29, 1.82) is 0 Å². The molecular formula is C24H40N2O2. The van der Waals surface area contributed by atoms with Crippen LogP contribution in [0.1, 0.15) is 88.8 Å². The van der Waals surface area contributed by atoms with Crippen LogP contribution >= 0.6 is 0 Å². The summed E-state index contributed by atoms with van der Waals surface area (Å²) in [6.45, 7) is 11.1. The maximum absolute atomic E-state index is 12.1. The highest BCUT2D eigenvalue weighted by Gasteiger charge is 2.13. The normalized spacial score (nSPS) is 14.0. The van der Waals surface area contributed by atoms with Gasteiger partial charge >= 0.3 is 0 Å². The first-order valence-electron chi connectivity index (χ1n) is 10.9. The minimum atomic E-state index is 0.216. The van der Waals surface area contributed by atoms with Gasteiger partial charge in [0.05, 0.1) is 0 Å². The molecule has 0 fully saturated rings. The predicted octanol–water partition coefficient (Wildman–Crippen LogP) is 5.92. The third-order valence-electron chi connectivity index (χ3n) is 5.68. The number of nitrogens with zero attached hydrogens (tertiary/aromatic N) is 1. The molecule has 0 heterocycles. The number of aryl methyl sites for hydroxylation is 2. The summed E-state index contributed by atoms with van der Waals surface area (Å²) in [5.41, 5.74) is 9.38. The van der Waals surface area contributed by atoms with E-state index in [1.165, 1.54) is 11.1 Å². The predicted molar refractivity (Wildman–Crippen MR) is 119 cm³/mol. The van der Waals surface area contributed by atoms with Gasteiger partial charge < -0.3 is 10.6 Å². The quantitative estimate of drug-likeness (QED) is 0.186. The van der Waals surface area contributed by atoms with Gasteiger partial charge in [0.1, 0.15) is 12.4 Å². The second kappa shape index (κ2) is 13.4. The van der Waals surface area contributed by atoms with Crippen LogP contribution in [-0.4, -0.2) is 18.2 Å². The van der Waals surface area contributed by atoms with Crippen molar-refractivity contribution in [2.75, 3.05) is 6.61 Å². The molecule has 0 spiro atoms. The largest absolute Gasteiger partial charge is 0.394 e. The highest BCUT2D eigenvalue weighted by Crippen LogP contribution is 2.17. The first-order valence-corrected chi connectivity index (χ1v) is 10.9. The maximum atomic E-state index is 12.1. The van der Waals surface area contributed by atoms with Crippen molar-refractivity contribution >= 4 is 11.6 Å². The Hall–Kier alpha value is -1.84. The van der Waals surface area contributed by atoms with Gasteiger partial charge in [0.25, 0.3) is 0 Å². The molecule has 0 bridgehead atoms. The summed E-state index contributed by atoms with van der Waals surface area (Å²) < 4.78 is 0. The molecule has 4 heteroatoms. The fourth-order valence-electron chi connectivity index (χ4n) is 3.22. The van der Waals surface area contributed by atoms with Gasteiger partial charge in [-0.15, -0.1) is 0 Å². The fourth-order valence-corrected chi connectivity index (χ4v) is 3.22. The van der Waals surface area contributed by atoms with Gasteiger partial charge in [0.2, 0.25) is 0 Å². The smallest absolute Gasteiger partial charge is 0.170 e. The number of hydrogen-bond acceptors (Lipinski definition) is 3. The lowest BCUT2D eigenvalue weighted by atomic mass is 9.94. The second-order valence-electron chi connectivity index (χ2n) is 8.10.